The maximum atomic E-state index is 10.6. The Morgan fingerprint density at radius 1 is 1.50 bits per heavy atom. The van der Waals surface area contributed by atoms with Gasteiger partial charge in [0.1, 0.15) is 5.69 Å². The number of hydrogen-bond acceptors (Lipinski definition) is 2. The quantitative estimate of drug-likeness (QED) is 0.538. The summed E-state index contributed by atoms with van der Waals surface area (Å²) in [6, 6.07) is 3.82. The molecule has 0 aliphatic carbocycles. The molecule has 2 heteroatoms. The molecule has 0 spiro atoms. The highest BCUT2D eigenvalue weighted by molar-refractivity contribution is 5.73. The van der Waals surface area contributed by atoms with Crippen LogP contribution in [0.4, 0.5) is 0 Å². The second-order valence-corrected chi connectivity index (χ2v) is 3.49. The zero-order chi connectivity index (χ0) is 10.4. The minimum atomic E-state index is 0.564. The van der Waals surface area contributed by atoms with Crippen LogP contribution in [0.3, 0.4) is 0 Å². The summed E-state index contributed by atoms with van der Waals surface area (Å²) in [5.41, 5.74) is 2.90. The molecule has 0 atom stereocenters. The van der Waals surface area contributed by atoms with Crippen molar-refractivity contribution in [1.29, 1.82) is 0 Å². The van der Waals surface area contributed by atoms with E-state index in [0.29, 0.717) is 5.69 Å². The zero-order valence-electron chi connectivity index (χ0n) is 8.66. The molecule has 1 rings (SSSR count). The van der Waals surface area contributed by atoms with Gasteiger partial charge in [-0.3, -0.25) is 9.78 Å². The molecule has 1 heterocycles. The van der Waals surface area contributed by atoms with E-state index in [0.717, 1.165) is 24.7 Å². The molecule has 0 aliphatic heterocycles. The number of allylic oxidation sites excluding steroid dienone is 2. The maximum absolute atomic E-state index is 10.6. The Kier molecular flexibility index (Phi) is 4.05. The number of hydrogen-bond donors (Lipinski definition) is 0. The van der Waals surface area contributed by atoms with Crippen molar-refractivity contribution < 1.29 is 4.79 Å². The van der Waals surface area contributed by atoms with Crippen LogP contribution < -0.4 is 0 Å². The van der Waals surface area contributed by atoms with Crippen LogP contribution in [0.2, 0.25) is 0 Å². The minimum absolute atomic E-state index is 0.564. The lowest BCUT2D eigenvalue weighted by molar-refractivity contribution is 0.111. The molecule has 0 bridgehead atoms. The summed E-state index contributed by atoms with van der Waals surface area (Å²) in [5, 5.41) is 0. The van der Waals surface area contributed by atoms with Gasteiger partial charge in [-0.05, 0) is 38.3 Å². The van der Waals surface area contributed by atoms with Crippen LogP contribution in [-0.4, -0.2) is 11.3 Å². The normalized spacial score (nSPS) is 9.57. The smallest absolute Gasteiger partial charge is 0.168 e. The van der Waals surface area contributed by atoms with E-state index in [1.807, 2.05) is 12.1 Å². The molecule has 0 saturated carbocycles. The zero-order valence-corrected chi connectivity index (χ0v) is 8.66. The molecule has 14 heavy (non-hydrogen) atoms. The van der Waals surface area contributed by atoms with Gasteiger partial charge in [0.05, 0.1) is 0 Å². The van der Waals surface area contributed by atoms with E-state index in [1.165, 1.54) is 5.57 Å². The Bertz CT molecular complexity index is 338. The van der Waals surface area contributed by atoms with Crippen molar-refractivity contribution in [2.45, 2.75) is 26.7 Å². The fourth-order valence-electron chi connectivity index (χ4n) is 1.28. The molecule has 0 radical (unpaired) electrons. The van der Waals surface area contributed by atoms with Gasteiger partial charge in [0.2, 0.25) is 0 Å². The van der Waals surface area contributed by atoms with E-state index in [-0.39, 0.29) is 0 Å². The molecule has 1 aromatic heterocycles. The number of aldehydes is 1. The first-order chi connectivity index (χ1) is 6.74. The van der Waals surface area contributed by atoms with E-state index in [9.17, 15) is 4.79 Å². The highest BCUT2D eigenvalue weighted by atomic mass is 16.1. The SMILES string of the molecule is CC(C)=CCCc1cccnc1C=O. The summed E-state index contributed by atoms with van der Waals surface area (Å²) in [6.07, 6.45) is 6.48. The molecule has 2 nitrogen and oxygen atoms in total. The second-order valence-electron chi connectivity index (χ2n) is 3.49. The van der Waals surface area contributed by atoms with E-state index in [1.54, 1.807) is 6.20 Å². The third-order valence-electron chi connectivity index (χ3n) is 2.00. The average molecular weight is 189 g/mol. The van der Waals surface area contributed by atoms with Crippen molar-refractivity contribution in [2.75, 3.05) is 0 Å². The molecular weight excluding hydrogens is 174 g/mol. The first kappa shape index (κ1) is 10.6. The minimum Gasteiger partial charge on any atom is -0.296 e. The Hall–Kier alpha value is -1.44. The molecule has 0 aromatic carbocycles. The number of carbonyl (C=O) groups is 1. The number of carbonyl (C=O) groups excluding carboxylic acids is 1. The highest BCUT2D eigenvalue weighted by Gasteiger charge is 1.99. The largest absolute Gasteiger partial charge is 0.296 e. The first-order valence-corrected chi connectivity index (χ1v) is 4.76. The molecular formula is C12H15NO. The second kappa shape index (κ2) is 5.32. The Balaban J connectivity index is 2.66. The summed E-state index contributed by atoms with van der Waals surface area (Å²) < 4.78 is 0. The first-order valence-electron chi connectivity index (χ1n) is 4.76. The van der Waals surface area contributed by atoms with Crippen LogP contribution in [0.5, 0.6) is 0 Å². The van der Waals surface area contributed by atoms with Crippen molar-refractivity contribution in [1.82, 2.24) is 4.98 Å². The number of aryl methyl sites for hydroxylation is 1. The van der Waals surface area contributed by atoms with Crippen LogP contribution in [0.25, 0.3) is 0 Å². The lowest BCUT2D eigenvalue weighted by atomic mass is 10.1. The lowest BCUT2D eigenvalue weighted by Gasteiger charge is -2.00. The predicted molar refractivity (Wildman–Crippen MR) is 57.4 cm³/mol. The Morgan fingerprint density at radius 3 is 2.93 bits per heavy atom. The third-order valence-corrected chi connectivity index (χ3v) is 2.00. The van der Waals surface area contributed by atoms with Gasteiger partial charge in [0.25, 0.3) is 0 Å². The van der Waals surface area contributed by atoms with Crippen LogP contribution in [0, 0.1) is 0 Å². The molecule has 1 aromatic rings. The molecule has 0 unspecified atom stereocenters. The van der Waals surface area contributed by atoms with Crippen molar-refractivity contribution in [2.24, 2.45) is 0 Å². The molecule has 74 valence electrons. The fourth-order valence-corrected chi connectivity index (χ4v) is 1.28. The number of nitrogens with zero attached hydrogens (tertiary/aromatic N) is 1. The monoisotopic (exact) mass is 189 g/mol. The molecule has 0 saturated heterocycles. The number of rotatable bonds is 4. The summed E-state index contributed by atoms with van der Waals surface area (Å²) in [6.45, 7) is 4.15. The van der Waals surface area contributed by atoms with Crippen LogP contribution in [0.15, 0.2) is 30.0 Å². The third kappa shape index (κ3) is 3.13. The molecule has 0 aliphatic rings. The number of pyridine rings is 1. The highest BCUT2D eigenvalue weighted by Crippen LogP contribution is 2.07. The van der Waals surface area contributed by atoms with Gasteiger partial charge in [0, 0.05) is 6.20 Å². The molecule has 0 N–H and O–H groups in total. The van der Waals surface area contributed by atoms with Gasteiger partial charge in [-0.1, -0.05) is 17.7 Å². The Morgan fingerprint density at radius 2 is 2.29 bits per heavy atom. The van der Waals surface area contributed by atoms with Gasteiger partial charge in [-0.25, -0.2) is 0 Å². The van der Waals surface area contributed by atoms with Gasteiger partial charge >= 0.3 is 0 Å². The summed E-state index contributed by atoms with van der Waals surface area (Å²) in [5.74, 6) is 0. The average Bonchev–Trinajstić information content (AvgIpc) is 2.18. The summed E-state index contributed by atoms with van der Waals surface area (Å²) in [7, 11) is 0. The topological polar surface area (TPSA) is 30.0 Å². The van der Waals surface area contributed by atoms with Gasteiger partial charge in [-0.2, -0.15) is 0 Å². The fraction of sp³-hybridized carbons (Fsp3) is 0.333. The van der Waals surface area contributed by atoms with E-state index in [4.69, 9.17) is 0 Å². The van der Waals surface area contributed by atoms with E-state index < -0.39 is 0 Å². The van der Waals surface area contributed by atoms with Crippen LogP contribution in [-0.2, 0) is 6.42 Å². The summed E-state index contributed by atoms with van der Waals surface area (Å²) in [4.78, 5) is 14.7. The molecule has 0 fully saturated rings. The van der Waals surface area contributed by atoms with Gasteiger partial charge in [0.15, 0.2) is 6.29 Å². The van der Waals surface area contributed by atoms with Crippen molar-refractivity contribution in [3.63, 3.8) is 0 Å². The van der Waals surface area contributed by atoms with Crippen molar-refractivity contribution in [3.8, 4) is 0 Å². The Labute approximate surface area is 84.7 Å². The maximum Gasteiger partial charge on any atom is 0.168 e. The van der Waals surface area contributed by atoms with Gasteiger partial charge < -0.3 is 0 Å². The van der Waals surface area contributed by atoms with E-state index in [2.05, 4.69) is 24.9 Å². The lowest BCUT2D eigenvalue weighted by Crippen LogP contribution is -1.95. The summed E-state index contributed by atoms with van der Waals surface area (Å²) >= 11 is 0. The van der Waals surface area contributed by atoms with Crippen LogP contribution >= 0.6 is 0 Å². The van der Waals surface area contributed by atoms with Crippen molar-refractivity contribution in [3.05, 3.63) is 41.2 Å². The van der Waals surface area contributed by atoms with Gasteiger partial charge in [-0.15, -0.1) is 0 Å². The molecule has 0 amide bonds. The van der Waals surface area contributed by atoms with Crippen LogP contribution in [0.1, 0.15) is 36.3 Å². The predicted octanol–water partition coefficient (Wildman–Crippen LogP) is 2.79. The standard InChI is InChI=1S/C12H15NO/c1-10(2)5-3-6-11-7-4-8-13-12(11)9-14/h4-5,7-9H,3,6H2,1-2H3. The number of aromatic nitrogens is 1. The van der Waals surface area contributed by atoms with E-state index >= 15 is 0 Å². The van der Waals surface area contributed by atoms with Crippen molar-refractivity contribution >= 4 is 6.29 Å².